The number of hydrogen-bond donors (Lipinski definition) is 3. The molecule has 148 valence electrons. The standard InChI is InChI=1S/C22H21N3O3S/c1-16-6-13-19(14-7-16)29(27,28)25-18-11-8-17(9-12-18)10-15-22(26)24-21-5-3-2-4-20(21)23/h2-15,25H,23H2,1H3,(H,24,26). The molecule has 3 rings (SSSR count). The van der Waals surface area contributed by atoms with Gasteiger partial charge in [-0.2, -0.15) is 0 Å². The van der Waals surface area contributed by atoms with Gasteiger partial charge in [0.2, 0.25) is 5.91 Å². The van der Waals surface area contributed by atoms with E-state index in [1.807, 2.05) is 6.92 Å². The highest BCUT2D eigenvalue weighted by Gasteiger charge is 2.13. The lowest BCUT2D eigenvalue weighted by Crippen LogP contribution is -2.12. The van der Waals surface area contributed by atoms with Gasteiger partial charge in [-0.1, -0.05) is 42.0 Å². The van der Waals surface area contributed by atoms with Crippen LogP contribution >= 0.6 is 0 Å². The van der Waals surface area contributed by atoms with E-state index in [1.54, 1.807) is 78.9 Å². The van der Waals surface area contributed by atoms with E-state index in [9.17, 15) is 13.2 Å². The molecular weight excluding hydrogens is 386 g/mol. The van der Waals surface area contributed by atoms with Crippen LogP contribution in [0.3, 0.4) is 0 Å². The van der Waals surface area contributed by atoms with Crippen LogP contribution in [0.5, 0.6) is 0 Å². The number of aryl methyl sites for hydroxylation is 1. The van der Waals surface area contributed by atoms with Crippen molar-refractivity contribution in [2.24, 2.45) is 0 Å². The Balaban J connectivity index is 1.64. The van der Waals surface area contributed by atoms with Gasteiger partial charge in [0.15, 0.2) is 0 Å². The second-order valence-corrected chi connectivity index (χ2v) is 8.13. The molecule has 0 aliphatic heterocycles. The summed E-state index contributed by atoms with van der Waals surface area (Å²) >= 11 is 0. The predicted molar refractivity (Wildman–Crippen MR) is 117 cm³/mol. The van der Waals surface area contributed by atoms with E-state index in [1.165, 1.54) is 6.08 Å². The minimum atomic E-state index is -3.65. The molecule has 0 aromatic heterocycles. The van der Waals surface area contributed by atoms with Crippen molar-refractivity contribution in [1.29, 1.82) is 0 Å². The molecule has 29 heavy (non-hydrogen) atoms. The molecule has 3 aromatic carbocycles. The number of nitrogens with one attached hydrogen (secondary N) is 2. The highest BCUT2D eigenvalue weighted by Crippen LogP contribution is 2.19. The predicted octanol–water partition coefficient (Wildman–Crippen LogP) is 4.03. The van der Waals surface area contributed by atoms with Gasteiger partial charge in [-0.15, -0.1) is 0 Å². The van der Waals surface area contributed by atoms with E-state index >= 15 is 0 Å². The zero-order valence-electron chi connectivity index (χ0n) is 15.8. The molecule has 0 saturated heterocycles. The van der Waals surface area contributed by atoms with Gasteiger partial charge in [0.25, 0.3) is 10.0 Å². The van der Waals surface area contributed by atoms with Crippen molar-refractivity contribution < 1.29 is 13.2 Å². The number of para-hydroxylation sites is 2. The van der Waals surface area contributed by atoms with Crippen LogP contribution in [0.15, 0.2) is 83.8 Å². The fraction of sp³-hybridized carbons (Fsp3) is 0.0455. The number of rotatable bonds is 6. The second-order valence-electron chi connectivity index (χ2n) is 6.45. The molecule has 0 atom stereocenters. The summed E-state index contributed by atoms with van der Waals surface area (Å²) in [4.78, 5) is 12.2. The Hall–Kier alpha value is -3.58. The molecular formula is C22H21N3O3S. The number of nitrogen functional groups attached to an aromatic ring is 1. The lowest BCUT2D eigenvalue weighted by atomic mass is 10.2. The minimum absolute atomic E-state index is 0.198. The molecule has 6 nitrogen and oxygen atoms in total. The molecule has 0 spiro atoms. The van der Waals surface area contributed by atoms with Crippen molar-refractivity contribution >= 4 is 39.1 Å². The third kappa shape index (κ3) is 5.46. The van der Waals surface area contributed by atoms with Gasteiger partial charge < -0.3 is 11.1 Å². The normalized spacial score (nSPS) is 11.3. The zero-order valence-corrected chi connectivity index (χ0v) is 16.6. The molecule has 0 saturated carbocycles. The average Bonchev–Trinajstić information content (AvgIpc) is 2.69. The van der Waals surface area contributed by atoms with Crippen molar-refractivity contribution in [3.8, 4) is 0 Å². The number of carbonyl (C=O) groups excluding carboxylic acids is 1. The number of amides is 1. The Labute approximate surface area is 170 Å². The van der Waals surface area contributed by atoms with Crippen LogP contribution < -0.4 is 15.8 Å². The van der Waals surface area contributed by atoms with Crippen LogP contribution in [-0.4, -0.2) is 14.3 Å². The summed E-state index contributed by atoms with van der Waals surface area (Å²) in [7, 11) is -3.65. The third-order valence-corrected chi connectivity index (χ3v) is 5.54. The maximum absolute atomic E-state index is 12.4. The molecule has 0 heterocycles. The summed E-state index contributed by atoms with van der Waals surface area (Å²) in [6, 6.07) is 20.3. The first kappa shape index (κ1) is 20.2. The fourth-order valence-corrected chi connectivity index (χ4v) is 3.61. The monoisotopic (exact) mass is 407 g/mol. The molecule has 1 amide bonds. The van der Waals surface area contributed by atoms with Gasteiger partial charge >= 0.3 is 0 Å². The van der Waals surface area contributed by atoms with Gasteiger partial charge in [-0.3, -0.25) is 9.52 Å². The van der Waals surface area contributed by atoms with Crippen molar-refractivity contribution in [1.82, 2.24) is 0 Å². The molecule has 0 radical (unpaired) electrons. The number of sulfonamides is 1. The quantitative estimate of drug-likeness (QED) is 0.424. The number of hydrogen-bond acceptors (Lipinski definition) is 4. The van der Waals surface area contributed by atoms with Gasteiger partial charge in [-0.05, 0) is 55.0 Å². The van der Waals surface area contributed by atoms with Crippen molar-refractivity contribution in [2.45, 2.75) is 11.8 Å². The largest absolute Gasteiger partial charge is 0.397 e. The summed E-state index contributed by atoms with van der Waals surface area (Å²) in [6.45, 7) is 1.89. The first-order valence-corrected chi connectivity index (χ1v) is 10.3. The SMILES string of the molecule is Cc1ccc(S(=O)(=O)Nc2ccc(C=CC(=O)Nc3ccccc3N)cc2)cc1. The van der Waals surface area contributed by atoms with Crippen molar-refractivity contribution in [3.05, 3.63) is 90.0 Å². The molecule has 0 bridgehead atoms. The molecule has 0 fully saturated rings. The van der Waals surface area contributed by atoms with Crippen LogP contribution in [0, 0.1) is 6.92 Å². The van der Waals surface area contributed by atoms with E-state index in [-0.39, 0.29) is 10.8 Å². The summed E-state index contributed by atoms with van der Waals surface area (Å²) in [5.74, 6) is -0.313. The highest BCUT2D eigenvalue weighted by atomic mass is 32.2. The van der Waals surface area contributed by atoms with E-state index in [2.05, 4.69) is 10.0 Å². The maximum Gasteiger partial charge on any atom is 0.261 e. The smallest absolute Gasteiger partial charge is 0.261 e. The molecule has 4 N–H and O–H groups in total. The van der Waals surface area contributed by atoms with Gasteiger partial charge in [0, 0.05) is 11.8 Å². The average molecular weight is 407 g/mol. The van der Waals surface area contributed by atoms with Crippen LogP contribution in [0.1, 0.15) is 11.1 Å². The first-order valence-electron chi connectivity index (χ1n) is 8.87. The maximum atomic E-state index is 12.4. The Morgan fingerprint density at radius 3 is 2.24 bits per heavy atom. The van der Waals surface area contributed by atoms with Gasteiger partial charge in [0.05, 0.1) is 16.3 Å². The summed E-state index contributed by atoms with van der Waals surface area (Å²) in [5.41, 5.74) is 9.00. The van der Waals surface area contributed by atoms with Crippen LogP contribution in [0.4, 0.5) is 17.1 Å². The number of anilines is 3. The minimum Gasteiger partial charge on any atom is -0.397 e. The van der Waals surface area contributed by atoms with E-state index in [0.29, 0.717) is 17.1 Å². The highest BCUT2D eigenvalue weighted by molar-refractivity contribution is 7.92. The van der Waals surface area contributed by atoms with Crippen molar-refractivity contribution in [2.75, 3.05) is 15.8 Å². The molecule has 0 aliphatic carbocycles. The Bertz CT molecular complexity index is 1140. The van der Waals surface area contributed by atoms with Gasteiger partial charge in [-0.25, -0.2) is 8.42 Å². The number of benzene rings is 3. The summed E-state index contributed by atoms with van der Waals surface area (Å²) in [6.07, 6.45) is 3.02. The Kier molecular flexibility index (Phi) is 5.99. The third-order valence-electron chi connectivity index (χ3n) is 4.14. The van der Waals surface area contributed by atoms with Crippen LogP contribution in [0.2, 0.25) is 0 Å². The lowest BCUT2D eigenvalue weighted by Gasteiger charge is -2.08. The molecule has 0 aliphatic rings. The van der Waals surface area contributed by atoms with Gasteiger partial charge in [0.1, 0.15) is 0 Å². The van der Waals surface area contributed by atoms with E-state index in [4.69, 9.17) is 5.73 Å². The Morgan fingerprint density at radius 2 is 1.59 bits per heavy atom. The van der Waals surface area contributed by atoms with E-state index in [0.717, 1.165) is 11.1 Å². The van der Waals surface area contributed by atoms with Crippen LogP contribution in [0.25, 0.3) is 6.08 Å². The number of carbonyl (C=O) groups is 1. The number of nitrogens with two attached hydrogens (primary N) is 1. The molecule has 0 unspecified atom stereocenters. The second kappa shape index (κ2) is 8.62. The summed E-state index contributed by atoms with van der Waals surface area (Å²) < 4.78 is 27.4. The van der Waals surface area contributed by atoms with Crippen LogP contribution in [-0.2, 0) is 14.8 Å². The zero-order chi connectivity index (χ0) is 20.9. The summed E-state index contributed by atoms with van der Waals surface area (Å²) in [5, 5.41) is 2.70. The molecule has 3 aromatic rings. The lowest BCUT2D eigenvalue weighted by molar-refractivity contribution is -0.111. The van der Waals surface area contributed by atoms with Crippen molar-refractivity contribution in [3.63, 3.8) is 0 Å². The topological polar surface area (TPSA) is 101 Å². The fourth-order valence-electron chi connectivity index (χ4n) is 2.55. The van der Waals surface area contributed by atoms with E-state index < -0.39 is 10.0 Å². The molecule has 7 heteroatoms. The Morgan fingerprint density at radius 1 is 0.931 bits per heavy atom. The first-order chi connectivity index (χ1) is 13.8.